The summed E-state index contributed by atoms with van der Waals surface area (Å²) < 4.78 is 10.4. The molecule has 0 aromatic heterocycles. The summed E-state index contributed by atoms with van der Waals surface area (Å²) in [5, 5.41) is 0. The number of amides is 1. The van der Waals surface area contributed by atoms with E-state index in [1.807, 2.05) is 13.8 Å². The van der Waals surface area contributed by atoms with E-state index >= 15 is 0 Å². The minimum atomic E-state index is 0.0735. The van der Waals surface area contributed by atoms with Crippen molar-refractivity contribution in [2.45, 2.75) is 20.8 Å². The van der Waals surface area contributed by atoms with Crippen LogP contribution in [-0.2, 0) is 14.3 Å². The van der Waals surface area contributed by atoms with Crippen molar-refractivity contribution in [3.8, 4) is 0 Å². The zero-order valence-corrected chi connectivity index (χ0v) is 9.41. The molecule has 0 unspecified atom stereocenters. The van der Waals surface area contributed by atoms with Crippen LogP contribution in [0.25, 0.3) is 0 Å². The van der Waals surface area contributed by atoms with Crippen molar-refractivity contribution in [1.29, 1.82) is 0 Å². The molecule has 4 heteroatoms. The van der Waals surface area contributed by atoms with Crippen molar-refractivity contribution >= 4 is 5.91 Å². The molecule has 0 aromatic rings. The summed E-state index contributed by atoms with van der Waals surface area (Å²) in [6, 6.07) is 0. The molecule has 0 spiro atoms. The predicted molar refractivity (Wildman–Crippen MR) is 55.2 cm³/mol. The highest BCUT2D eigenvalue weighted by Crippen LogP contribution is 1.90. The van der Waals surface area contributed by atoms with E-state index in [2.05, 4.69) is 0 Å². The average Bonchev–Trinajstić information content (AvgIpc) is 2.15. The Labute approximate surface area is 86.2 Å². The first-order valence-corrected chi connectivity index (χ1v) is 5.13. The summed E-state index contributed by atoms with van der Waals surface area (Å²) in [5.41, 5.74) is 0. The summed E-state index contributed by atoms with van der Waals surface area (Å²) in [5.74, 6) is 0.0735. The molecule has 0 aliphatic carbocycles. The molecule has 0 aliphatic heterocycles. The number of nitrogens with zero attached hydrogens (tertiary/aromatic N) is 1. The van der Waals surface area contributed by atoms with Crippen LogP contribution in [0.3, 0.4) is 0 Å². The highest BCUT2D eigenvalue weighted by Gasteiger charge is 2.07. The van der Waals surface area contributed by atoms with Gasteiger partial charge in [-0.05, 0) is 13.8 Å². The Hall–Kier alpha value is -0.610. The number of carbonyl (C=O) groups is 1. The van der Waals surface area contributed by atoms with Gasteiger partial charge in [-0.1, -0.05) is 0 Å². The molecule has 0 heterocycles. The lowest BCUT2D eigenvalue weighted by Crippen LogP contribution is -2.35. The van der Waals surface area contributed by atoms with Crippen LogP contribution in [0.15, 0.2) is 0 Å². The molecule has 1 amide bonds. The van der Waals surface area contributed by atoms with Gasteiger partial charge < -0.3 is 14.4 Å². The molecular formula is C10H21NO3. The smallest absolute Gasteiger partial charge is 0.219 e. The van der Waals surface area contributed by atoms with Crippen LogP contribution in [0.2, 0.25) is 0 Å². The molecule has 4 nitrogen and oxygen atoms in total. The zero-order chi connectivity index (χ0) is 10.8. The van der Waals surface area contributed by atoms with Gasteiger partial charge in [0, 0.05) is 33.2 Å². The van der Waals surface area contributed by atoms with E-state index in [0.29, 0.717) is 39.5 Å². The van der Waals surface area contributed by atoms with Crippen molar-refractivity contribution in [2.24, 2.45) is 0 Å². The first-order chi connectivity index (χ1) is 6.72. The molecule has 0 N–H and O–H groups in total. The van der Waals surface area contributed by atoms with Crippen LogP contribution in [-0.4, -0.2) is 50.3 Å². The first kappa shape index (κ1) is 13.4. The van der Waals surface area contributed by atoms with Crippen LogP contribution in [0.1, 0.15) is 20.8 Å². The van der Waals surface area contributed by atoms with Crippen LogP contribution in [0, 0.1) is 0 Å². The standard InChI is InChI=1S/C10H21NO3/c1-4-13-8-6-11(10(3)12)7-9-14-5-2/h4-9H2,1-3H3. The molecule has 0 atom stereocenters. The lowest BCUT2D eigenvalue weighted by atomic mass is 10.4. The molecular weight excluding hydrogens is 182 g/mol. The number of hydrogen-bond acceptors (Lipinski definition) is 3. The molecule has 0 saturated carbocycles. The maximum atomic E-state index is 11.1. The SMILES string of the molecule is CCOCCN(CCOCC)C(C)=O. The fourth-order valence-electron chi connectivity index (χ4n) is 1.06. The van der Waals surface area contributed by atoms with Crippen molar-refractivity contribution in [1.82, 2.24) is 4.90 Å². The van der Waals surface area contributed by atoms with Gasteiger partial charge in [0.25, 0.3) is 0 Å². The summed E-state index contributed by atoms with van der Waals surface area (Å²) in [4.78, 5) is 12.9. The fourth-order valence-corrected chi connectivity index (χ4v) is 1.06. The number of rotatable bonds is 8. The third-order valence-electron chi connectivity index (χ3n) is 1.86. The molecule has 84 valence electrons. The first-order valence-electron chi connectivity index (χ1n) is 5.13. The van der Waals surface area contributed by atoms with Gasteiger partial charge in [-0.3, -0.25) is 4.79 Å². The highest BCUT2D eigenvalue weighted by molar-refractivity contribution is 5.73. The van der Waals surface area contributed by atoms with E-state index in [1.54, 1.807) is 11.8 Å². The molecule has 0 fully saturated rings. The average molecular weight is 203 g/mol. The maximum Gasteiger partial charge on any atom is 0.219 e. The third-order valence-corrected chi connectivity index (χ3v) is 1.86. The van der Waals surface area contributed by atoms with E-state index in [-0.39, 0.29) is 5.91 Å². The summed E-state index contributed by atoms with van der Waals surface area (Å²) in [6.07, 6.45) is 0. The maximum absolute atomic E-state index is 11.1. The van der Waals surface area contributed by atoms with Gasteiger partial charge in [-0.2, -0.15) is 0 Å². The van der Waals surface area contributed by atoms with Crippen molar-refractivity contribution < 1.29 is 14.3 Å². The summed E-state index contributed by atoms with van der Waals surface area (Å²) in [6.45, 7) is 9.33. The Kier molecular flexibility index (Phi) is 8.57. The van der Waals surface area contributed by atoms with Crippen LogP contribution >= 0.6 is 0 Å². The van der Waals surface area contributed by atoms with Gasteiger partial charge in [0.1, 0.15) is 0 Å². The second-order valence-corrected chi connectivity index (χ2v) is 2.90. The van der Waals surface area contributed by atoms with E-state index in [1.165, 1.54) is 0 Å². The van der Waals surface area contributed by atoms with Gasteiger partial charge in [0.15, 0.2) is 0 Å². The van der Waals surface area contributed by atoms with E-state index in [4.69, 9.17) is 9.47 Å². The second-order valence-electron chi connectivity index (χ2n) is 2.90. The number of hydrogen-bond donors (Lipinski definition) is 0. The monoisotopic (exact) mass is 203 g/mol. The molecule has 14 heavy (non-hydrogen) atoms. The third kappa shape index (κ3) is 6.86. The molecule has 0 aliphatic rings. The van der Waals surface area contributed by atoms with E-state index in [9.17, 15) is 4.79 Å². The quantitative estimate of drug-likeness (QED) is 0.550. The Bertz CT molecular complexity index is 140. The van der Waals surface area contributed by atoms with Gasteiger partial charge in [-0.25, -0.2) is 0 Å². The second kappa shape index (κ2) is 8.97. The van der Waals surface area contributed by atoms with Gasteiger partial charge >= 0.3 is 0 Å². The van der Waals surface area contributed by atoms with Crippen LogP contribution in [0.4, 0.5) is 0 Å². The molecule has 0 rings (SSSR count). The Morgan fingerprint density at radius 2 is 1.50 bits per heavy atom. The minimum absolute atomic E-state index is 0.0735. The Balaban J connectivity index is 3.61. The van der Waals surface area contributed by atoms with Crippen molar-refractivity contribution in [3.63, 3.8) is 0 Å². The zero-order valence-electron chi connectivity index (χ0n) is 9.41. The van der Waals surface area contributed by atoms with Crippen LogP contribution in [0.5, 0.6) is 0 Å². The highest BCUT2D eigenvalue weighted by atomic mass is 16.5. The lowest BCUT2D eigenvalue weighted by Gasteiger charge is -2.20. The van der Waals surface area contributed by atoms with E-state index in [0.717, 1.165) is 0 Å². The van der Waals surface area contributed by atoms with Gasteiger partial charge in [-0.15, -0.1) is 0 Å². The summed E-state index contributed by atoms with van der Waals surface area (Å²) in [7, 11) is 0. The van der Waals surface area contributed by atoms with E-state index < -0.39 is 0 Å². The molecule has 0 radical (unpaired) electrons. The van der Waals surface area contributed by atoms with Crippen LogP contribution < -0.4 is 0 Å². The summed E-state index contributed by atoms with van der Waals surface area (Å²) >= 11 is 0. The normalized spacial score (nSPS) is 10.2. The minimum Gasteiger partial charge on any atom is -0.380 e. The van der Waals surface area contributed by atoms with Crippen molar-refractivity contribution in [2.75, 3.05) is 39.5 Å². The lowest BCUT2D eigenvalue weighted by molar-refractivity contribution is -0.130. The predicted octanol–water partition coefficient (Wildman–Crippen LogP) is 0.908. The Morgan fingerprint density at radius 1 is 1.07 bits per heavy atom. The Morgan fingerprint density at radius 3 is 1.79 bits per heavy atom. The number of ether oxygens (including phenoxy) is 2. The fraction of sp³-hybridized carbons (Fsp3) is 0.900. The molecule has 0 bridgehead atoms. The largest absolute Gasteiger partial charge is 0.380 e. The molecule has 0 saturated heterocycles. The van der Waals surface area contributed by atoms with Gasteiger partial charge in [0.2, 0.25) is 5.91 Å². The van der Waals surface area contributed by atoms with Gasteiger partial charge in [0.05, 0.1) is 13.2 Å². The molecule has 0 aromatic carbocycles. The number of carbonyl (C=O) groups excluding carboxylic acids is 1. The topological polar surface area (TPSA) is 38.8 Å². The van der Waals surface area contributed by atoms with Crippen molar-refractivity contribution in [3.05, 3.63) is 0 Å².